The molecule has 0 aromatic carbocycles. The van der Waals surface area contributed by atoms with Crippen LogP contribution in [0.4, 0.5) is 0 Å². The normalized spacial score (nSPS) is 40.0. The molecule has 3 rings (SSSR count). The first-order valence-electron chi connectivity index (χ1n) is 10.9. The van der Waals surface area contributed by atoms with E-state index in [1.54, 1.807) is 5.57 Å². The van der Waals surface area contributed by atoms with E-state index in [0.29, 0.717) is 11.8 Å². The number of aliphatic hydroxyl groups excluding tert-OH is 2. The van der Waals surface area contributed by atoms with Crippen LogP contribution in [0.5, 0.6) is 0 Å². The van der Waals surface area contributed by atoms with Crippen molar-refractivity contribution in [3.05, 3.63) is 11.6 Å². The van der Waals surface area contributed by atoms with Crippen LogP contribution in [-0.2, 0) is 9.53 Å². The summed E-state index contributed by atoms with van der Waals surface area (Å²) in [7, 11) is 0. The van der Waals surface area contributed by atoms with Gasteiger partial charge >= 0.3 is 5.97 Å². The topological polar surface area (TPSA) is 66.8 Å². The van der Waals surface area contributed by atoms with Crippen molar-refractivity contribution in [3.63, 3.8) is 0 Å². The van der Waals surface area contributed by atoms with Gasteiger partial charge in [0.1, 0.15) is 12.7 Å². The molecule has 2 saturated carbocycles. The van der Waals surface area contributed by atoms with Gasteiger partial charge < -0.3 is 14.9 Å². The van der Waals surface area contributed by atoms with Crippen LogP contribution in [0, 0.1) is 34.5 Å². The summed E-state index contributed by atoms with van der Waals surface area (Å²) in [6, 6.07) is 0. The van der Waals surface area contributed by atoms with E-state index in [1.165, 1.54) is 25.7 Å². The van der Waals surface area contributed by atoms with Crippen LogP contribution in [-0.4, -0.2) is 35.5 Å². The molecule has 2 N–H and O–H groups in total. The summed E-state index contributed by atoms with van der Waals surface area (Å²) >= 11 is 0. The van der Waals surface area contributed by atoms with E-state index < -0.39 is 11.5 Å². The summed E-state index contributed by atoms with van der Waals surface area (Å²) in [5, 5.41) is 18.6. The molecule has 0 spiro atoms. The van der Waals surface area contributed by atoms with Gasteiger partial charge in [0.25, 0.3) is 0 Å². The molecule has 2 fully saturated rings. The van der Waals surface area contributed by atoms with Gasteiger partial charge in [0.15, 0.2) is 0 Å². The fraction of sp³-hybridized carbons (Fsp3) is 0.870. The van der Waals surface area contributed by atoms with Crippen LogP contribution in [0.3, 0.4) is 0 Å². The van der Waals surface area contributed by atoms with Crippen LogP contribution in [0.25, 0.3) is 0 Å². The van der Waals surface area contributed by atoms with Crippen LogP contribution in [0.1, 0.15) is 72.6 Å². The lowest BCUT2D eigenvalue weighted by atomic mass is 9.46. The number of ether oxygens (including phenoxy) is 1. The minimum absolute atomic E-state index is 0.116. The second-order valence-electron chi connectivity index (χ2n) is 10.1. The monoisotopic (exact) mass is 378 g/mol. The summed E-state index contributed by atoms with van der Waals surface area (Å²) in [5.41, 5.74) is 1.30. The van der Waals surface area contributed by atoms with E-state index in [9.17, 15) is 9.90 Å². The fourth-order valence-corrected chi connectivity index (χ4v) is 6.42. The van der Waals surface area contributed by atoms with Gasteiger partial charge in [-0.25, -0.2) is 0 Å². The Bertz CT molecular complexity index is 583. The van der Waals surface area contributed by atoms with Crippen LogP contribution < -0.4 is 0 Å². The van der Waals surface area contributed by atoms with Crippen molar-refractivity contribution < 1.29 is 19.7 Å². The highest BCUT2D eigenvalue weighted by atomic mass is 16.5. The zero-order valence-electron chi connectivity index (χ0n) is 17.5. The van der Waals surface area contributed by atoms with Crippen molar-refractivity contribution in [3.8, 4) is 0 Å². The molecule has 0 aliphatic heterocycles. The maximum atomic E-state index is 13.0. The van der Waals surface area contributed by atoms with E-state index in [2.05, 4.69) is 33.8 Å². The van der Waals surface area contributed by atoms with Crippen LogP contribution in [0.2, 0.25) is 0 Å². The lowest BCUT2D eigenvalue weighted by Crippen LogP contribution is -2.54. The second-order valence-corrected chi connectivity index (χ2v) is 10.1. The molecule has 3 aliphatic rings. The quantitative estimate of drug-likeness (QED) is 0.558. The molecule has 0 aromatic rings. The number of esters is 1. The lowest BCUT2D eigenvalue weighted by Gasteiger charge is -2.58. The Balaban J connectivity index is 1.81. The summed E-state index contributed by atoms with van der Waals surface area (Å²) in [5.74, 6) is 2.23. The van der Waals surface area contributed by atoms with Crippen molar-refractivity contribution in [1.82, 2.24) is 0 Å². The summed E-state index contributed by atoms with van der Waals surface area (Å²) in [4.78, 5) is 13.0. The van der Waals surface area contributed by atoms with E-state index in [-0.39, 0.29) is 24.6 Å². The number of hydrogen-bond acceptors (Lipinski definition) is 4. The number of carbonyl (C=O) groups is 1. The average Bonchev–Trinajstić information content (AvgIpc) is 2.65. The molecule has 2 unspecified atom stereocenters. The highest BCUT2D eigenvalue weighted by Crippen LogP contribution is 2.63. The highest BCUT2D eigenvalue weighted by Gasteiger charge is 2.58. The summed E-state index contributed by atoms with van der Waals surface area (Å²) in [6.45, 7) is 8.67. The third-order valence-electron chi connectivity index (χ3n) is 8.19. The van der Waals surface area contributed by atoms with Gasteiger partial charge in [-0.15, -0.1) is 0 Å². The van der Waals surface area contributed by atoms with Crippen molar-refractivity contribution in [2.24, 2.45) is 34.5 Å². The molecule has 27 heavy (non-hydrogen) atoms. The number of carbonyl (C=O) groups excluding carboxylic acids is 1. The smallest absolute Gasteiger partial charge is 0.312 e. The number of allylic oxidation sites excluding steroid dienone is 2. The summed E-state index contributed by atoms with van der Waals surface area (Å²) < 4.78 is 5.45. The summed E-state index contributed by atoms with van der Waals surface area (Å²) in [6.07, 6.45) is 9.29. The first-order valence-corrected chi connectivity index (χ1v) is 10.9. The van der Waals surface area contributed by atoms with Gasteiger partial charge in [0.2, 0.25) is 0 Å². The Morgan fingerprint density at radius 1 is 1.30 bits per heavy atom. The van der Waals surface area contributed by atoms with Gasteiger partial charge in [-0.1, -0.05) is 38.8 Å². The number of rotatable bonds is 5. The largest absolute Gasteiger partial charge is 0.462 e. The van der Waals surface area contributed by atoms with Gasteiger partial charge in [0, 0.05) is 0 Å². The van der Waals surface area contributed by atoms with E-state index in [4.69, 9.17) is 9.84 Å². The Hall–Kier alpha value is -0.870. The minimum atomic E-state index is -0.989. The molecular weight excluding hydrogens is 340 g/mol. The number of aliphatic hydroxyl groups is 2. The predicted molar refractivity (Wildman–Crippen MR) is 106 cm³/mol. The zero-order chi connectivity index (χ0) is 19.8. The van der Waals surface area contributed by atoms with Crippen molar-refractivity contribution >= 4 is 5.97 Å². The van der Waals surface area contributed by atoms with Crippen molar-refractivity contribution in [1.29, 1.82) is 0 Å². The maximum Gasteiger partial charge on any atom is 0.312 e. The van der Waals surface area contributed by atoms with E-state index >= 15 is 0 Å². The number of hydrogen-bond donors (Lipinski definition) is 2. The number of fused-ring (bicyclic) bond motifs is 3. The molecule has 4 heteroatoms. The Morgan fingerprint density at radius 3 is 2.70 bits per heavy atom. The molecule has 4 nitrogen and oxygen atoms in total. The molecular formula is C23H38O4. The average molecular weight is 379 g/mol. The Labute approximate surface area is 164 Å². The minimum Gasteiger partial charge on any atom is -0.462 e. The molecule has 0 saturated heterocycles. The van der Waals surface area contributed by atoms with E-state index in [0.717, 1.165) is 31.1 Å². The standard InChI is InChI=1S/C23H38O4/c1-15(2)16-6-8-19-17(12-16)7-9-20-22(19,3)10-5-11-23(20,4)21(26)27-14-18(25)13-24/h7,15-16,18-20,24-25H,5-6,8-14H2,1-4H3/t16?,18?,19-,20+,22+,23+/m0/s1. The van der Waals surface area contributed by atoms with Crippen LogP contribution in [0.15, 0.2) is 11.6 Å². The Kier molecular flexibility index (Phi) is 6.08. The van der Waals surface area contributed by atoms with Crippen molar-refractivity contribution in [2.75, 3.05) is 13.2 Å². The second kappa shape index (κ2) is 7.87. The first-order chi connectivity index (χ1) is 12.7. The molecule has 0 amide bonds. The van der Waals surface area contributed by atoms with Gasteiger partial charge in [-0.05, 0) is 74.5 Å². The molecule has 0 aromatic heterocycles. The SMILES string of the molecule is CC(C)C1CC[C@H]2C(=CC[C@@H]3[C@]2(C)CCC[C@@]3(C)C(=O)OCC(O)CO)C1. The van der Waals surface area contributed by atoms with E-state index in [1.807, 2.05) is 0 Å². The molecule has 0 heterocycles. The van der Waals surface area contributed by atoms with Gasteiger partial charge in [-0.3, -0.25) is 4.79 Å². The molecule has 0 bridgehead atoms. The highest BCUT2D eigenvalue weighted by molar-refractivity contribution is 5.77. The fourth-order valence-electron chi connectivity index (χ4n) is 6.42. The molecule has 0 radical (unpaired) electrons. The molecule has 154 valence electrons. The van der Waals surface area contributed by atoms with Crippen LogP contribution >= 0.6 is 0 Å². The Morgan fingerprint density at radius 2 is 2.04 bits per heavy atom. The third kappa shape index (κ3) is 3.72. The molecule has 6 atom stereocenters. The molecule has 3 aliphatic carbocycles. The van der Waals surface area contributed by atoms with Gasteiger partial charge in [0.05, 0.1) is 12.0 Å². The maximum absolute atomic E-state index is 13.0. The zero-order valence-corrected chi connectivity index (χ0v) is 17.5. The van der Waals surface area contributed by atoms with Crippen molar-refractivity contribution in [2.45, 2.75) is 78.7 Å². The predicted octanol–water partition coefficient (Wildman–Crippen LogP) is 4.10. The third-order valence-corrected chi connectivity index (χ3v) is 8.19. The first kappa shape index (κ1) is 20.9. The van der Waals surface area contributed by atoms with Gasteiger partial charge in [-0.2, -0.15) is 0 Å². The lowest BCUT2D eigenvalue weighted by molar-refractivity contribution is -0.173.